The lowest BCUT2D eigenvalue weighted by Crippen LogP contribution is -2.52. The van der Waals surface area contributed by atoms with E-state index >= 15 is 0 Å². The second-order valence-corrected chi connectivity index (χ2v) is 9.51. The van der Waals surface area contributed by atoms with Crippen LogP contribution in [0.4, 0.5) is 4.79 Å². The number of nitrogens with zero attached hydrogens (tertiary/aromatic N) is 1. The minimum atomic E-state index is -1.17. The molecule has 2 aromatic rings. The molecule has 8 heteroatoms. The van der Waals surface area contributed by atoms with E-state index in [1.165, 1.54) is 0 Å². The number of aliphatic hydroxyl groups is 1. The third kappa shape index (κ3) is 5.17. The monoisotopic (exact) mass is 480 g/mol. The van der Waals surface area contributed by atoms with E-state index < -0.39 is 36.2 Å². The van der Waals surface area contributed by atoms with Gasteiger partial charge in [0.25, 0.3) is 0 Å². The fourth-order valence-electron chi connectivity index (χ4n) is 5.06. The third-order valence-corrected chi connectivity index (χ3v) is 7.12. The van der Waals surface area contributed by atoms with Crippen molar-refractivity contribution in [1.29, 1.82) is 0 Å². The zero-order valence-electron chi connectivity index (χ0n) is 20.0. The van der Waals surface area contributed by atoms with Crippen molar-refractivity contribution < 1.29 is 29.3 Å². The van der Waals surface area contributed by atoms with Gasteiger partial charge in [-0.3, -0.25) is 4.79 Å². The summed E-state index contributed by atoms with van der Waals surface area (Å²) in [4.78, 5) is 38.9. The highest BCUT2D eigenvalue weighted by atomic mass is 16.5. The van der Waals surface area contributed by atoms with Crippen LogP contribution in [-0.4, -0.2) is 64.4 Å². The highest BCUT2D eigenvalue weighted by molar-refractivity contribution is 5.90. The van der Waals surface area contributed by atoms with E-state index in [0.29, 0.717) is 6.42 Å². The molecular formula is C27H32N2O6. The van der Waals surface area contributed by atoms with Crippen LogP contribution in [0.5, 0.6) is 0 Å². The minimum absolute atomic E-state index is 0.0257. The molecule has 1 heterocycles. The largest absolute Gasteiger partial charge is 0.480 e. The molecule has 2 amide bonds. The third-order valence-electron chi connectivity index (χ3n) is 7.12. The van der Waals surface area contributed by atoms with Gasteiger partial charge >= 0.3 is 12.1 Å². The maximum Gasteiger partial charge on any atom is 0.407 e. The normalized spacial score (nSPS) is 20.6. The summed E-state index contributed by atoms with van der Waals surface area (Å²) < 4.78 is 5.61. The fourth-order valence-corrected chi connectivity index (χ4v) is 5.06. The van der Waals surface area contributed by atoms with Gasteiger partial charge in [-0.25, -0.2) is 9.59 Å². The molecule has 35 heavy (non-hydrogen) atoms. The van der Waals surface area contributed by atoms with E-state index in [0.717, 1.165) is 33.6 Å². The van der Waals surface area contributed by atoms with E-state index in [1.807, 2.05) is 50.2 Å². The first kappa shape index (κ1) is 24.7. The van der Waals surface area contributed by atoms with Crippen LogP contribution in [0.3, 0.4) is 0 Å². The molecule has 2 unspecified atom stereocenters. The van der Waals surface area contributed by atoms with Gasteiger partial charge < -0.3 is 25.2 Å². The van der Waals surface area contributed by atoms with Crippen molar-refractivity contribution in [1.82, 2.24) is 10.2 Å². The number of likely N-dealkylation sites (tertiary alicyclic amines) is 1. The van der Waals surface area contributed by atoms with Gasteiger partial charge in [0.1, 0.15) is 18.7 Å². The Balaban J connectivity index is 1.46. The van der Waals surface area contributed by atoms with E-state index in [9.17, 15) is 24.6 Å². The summed E-state index contributed by atoms with van der Waals surface area (Å²) in [5, 5.41) is 22.1. The van der Waals surface area contributed by atoms with E-state index in [2.05, 4.69) is 17.4 Å². The standard InChI is InChI=1S/C27H32N2O6/c1-3-16(2)12-23(25(31)29-14-17(30)13-24(29)26(32)33)28-27(34)35-15-22-20-10-6-4-8-18(20)19-9-5-7-11-21(19)22/h4-11,16-17,22-24,30H,3,12-15H2,1-2H3,(H,28,34)(H,32,33)/t16?,17-,23?,24-/m1/s1. The Labute approximate surface area is 204 Å². The van der Waals surface area contributed by atoms with Gasteiger partial charge in [0.15, 0.2) is 0 Å². The Morgan fingerprint density at radius 3 is 2.26 bits per heavy atom. The number of nitrogens with one attached hydrogen (secondary N) is 1. The zero-order valence-corrected chi connectivity index (χ0v) is 20.0. The highest BCUT2D eigenvalue weighted by Crippen LogP contribution is 2.44. The van der Waals surface area contributed by atoms with Gasteiger partial charge in [-0.2, -0.15) is 0 Å². The predicted molar refractivity (Wildman–Crippen MR) is 130 cm³/mol. The van der Waals surface area contributed by atoms with Crippen LogP contribution in [0.1, 0.15) is 50.2 Å². The topological polar surface area (TPSA) is 116 Å². The smallest absolute Gasteiger partial charge is 0.407 e. The molecule has 0 radical (unpaired) electrons. The molecule has 186 valence electrons. The van der Waals surface area contributed by atoms with Crippen LogP contribution in [0.25, 0.3) is 11.1 Å². The molecule has 0 bridgehead atoms. The first-order chi connectivity index (χ1) is 16.8. The lowest BCUT2D eigenvalue weighted by molar-refractivity contribution is -0.149. The molecule has 8 nitrogen and oxygen atoms in total. The number of alkyl carbamates (subject to hydrolysis) is 1. The van der Waals surface area contributed by atoms with Gasteiger partial charge in [-0.15, -0.1) is 0 Å². The quantitative estimate of drug-likeness (QED) is 0.534. The van der Waals surface area contributed by atoms with Crippen LogP contribution in [-0.2, 0) is 14.3 Å². The average Bonchev–Trinajstić information content (AvgIpc) is 3.40. The Hall–Kier alpha value is -3.39. The molecule has 3 N–H and O–H groups in total. The fraction of sp³-hybridized carbons (Fsp3) is 0.444. The zero-order chi connectivity index (χ0) is 25.1. The minimum Gasteiger partial charge on any atom is -0.480 e. The lowest BCUT2D eigenvalue weighted by atomic mass is 9.98. The van der Waals surface area contributed by atoms with E-state index in [-0.39, 0.29) is 31.4 Å². The van der Waals surface area contributed by atoms with Crippen molar-refractivity contribution in [2.24, 2.45) is 5.92 Å². The van der Waals surface area contributed by atoms with Gasteiger partial charge in [-0.1, -0.05) is 68.8 Å². The Bertz CT molecular complexity index is 1060. The van der Waals surface area contributed by atoms with Gasteiger partial charge in [-0.05, 0) is 34.6 Å². The first-order valence-corrected chi connectivity index (χ1v) is 12.1. The van der Waals surface area contributed by atoms with Crippen molar-refractivity contribution in [2.45, 2.75) is 57.2 Å². The number of fused-ring (bicyclic) bond motifs is 3. The molecule has 1 fully saturated rings. The van der Waals surface area contributed by atoms with Crippen molar-refractivity contribution >= 4 is 18.0 Å². The van der Waals surface area contributed by atoms with E-state index in [1.54, 1.807) is 0 Å². The average molecular weight is 481 g/mol. The second-order valence-electron chi connectivity index (χ2n) is 9.51. The summed E-state index contributed by atoms with van der Waals surface area (Å²) in [6, 6.07) is 14.0. The van der Waals surface area contributed by atoms with Crippen molar-refractivity contribution in [3.8, 4) is 11.1 Å². The number of carboxylic acid groups (broad SMARTS) is 1. The Morgan fingerprint density at radius 2 is 1.69 bits per heavy atom. The number of rotatable bonds is 8. The maximum atomic E-state index is 13.3. The summed E-state index contributed by atoms with van der Waals surface area (Å²) in [5.41, 5.74) is 4.41. The Kier molecular flexibility index (Phi) is 7.40. The number of aliphatic hydroxyl groups excluding tert-OH is 1. The summed E-state index contributed by atoms with van der Waals surface area (Å²) >= 11 is 0. The predicted octanol–water partition coefficient (Wildman–Crippen LogP) is 3.38. The molecule has 1 saturated heterocycles. The Morgan fingerprint density at radius 1 is 1.09 bits per heavy atom. The number of benzene rings is 2. The number of carboxylic acids is 1. The molecule has 1 aliphatic carbocycles. The van der Waals surface area contributed by atoms with Gasteiger partial charge in [0.05, 0.1) is 6.10 Å². The number of aliphatic carboxylic acids is 1. The number of hydrogen-bond donors (Lipinski definition) is 3. The molecule has 4 rings (SSSR count). The summed E-state index contributed by atoms with van der Waals surface area (Å²) in [6.07, 6.45) is -0.513. The number of ether oxygens (including phenoxy) is 1. The number of hydrogen-bond acceptors (Lipinski definition) is 5. The highest BCUT2D eigenvalue weighted by Gasteiger charge is 2.42. The van der Waals surface area contributed by atoms with Crippen LogP contribution >= 0.6 is 0 Å². The molecule has 0 saturated carbocycles. The molecule has 1 aliphatic heterocycles. The summed E-state index contributed by atoms with van der Waals surface area (Å²) in [6.45, 7) is 4.00. The lowest BCUT2D eigenvalue weighted by Gasteiger charge is -2.28. The number of carbonyl (C=O) groups excluding carboxylic acids is 2. The number of amides is 2. The number of β-amino-alcohol motifs (C(OH)–C–C–N with tert-alkyl or cyclic N) is 1. The second kappa shape index (κ2) is 10.5. The van der Waals surface area contributed by atoms with Crippen LogP contribution < -0.4 is 5.32 Å². The van der Waals surface area contributed by atoms with Crippen LogP contribution in [0.2, 0.25) is 0 Å². The molecule has 4 atom stereocenters. The molecular weight excluding hydrogens is 448 g/mol. The molecule has 2 aliphatic rings. The SMILES string of the molecule is CCC(C)CC(NC(=O)OCC1c2ccccc2-c2ccccc21)C(=O)N1C[C@H](O)C[C@@H]1C(=O)O. The van der Waals surface area contributed by atoms with Gasteiger partial charge in [0.2, 0.25) is 5.91 Å². The van der Waals surface area contributed by atoms with Crippen molar-refractivity contribution in [2.75, 3.05) is 13.2 Å². The number of carbonyl (C=O) groups is 3. The van der Waals surface area contributed by atoms with Crippen LogP contribution in [0.15, 0.2) is 48.5 Å². The summed E-state index contributed by atoms with van der Waals surface area (Å²) in [7, 11) is 0. The summed E-state index contributed by atoms with van der Waals surface area (Å²) in [5.74, 6) is -1.67. The molecule has 0 spiro atoms. The molecule has 2 aromatic carbocycles. The maximum absolute atomic E-state index is 13.3. The van der Waals surface area contributed by atoms with Crippen molar-refractivity contribution in [3.63, 3.8) is 0 Å². The van der Waals surface area contributed by atoms with Gasteiger partial charge in [0, 0.05) is 18.9 Å². The molecule has 0 aromatic heterocycles. The van der Waals surface area contributed by atoms with Crippen molar-refractivity contribution in [3.05, 3.63) is 59.7 Å². The van der Waals surface area contributed by atoms with E-state index in [4.69, 9.17) is 4.74 Å². The first-order valence-electron chi connectivity index (χ1n) is 12.1. The van der Waals surface area contributed by atoms with Crippen LogP contribution in [0, 0.1) is 5.92 Å².